The summed E-state index contributed by atoms with van der Waals surface area (Å²) in [6.07, 6.45) is 2.40. The predicted octanol–water partition coefficient (Wildman–Crippen LogP) is 3.88. The second-order valence-corrected chi connectivity index (χ2v) is 5.57. The highest BCUT2D eigenvalue weighted by Crippen LogP contribution is 2.41. The van der Waals surface area contributed by atoms with Gasteiger partial charge in [-0.15, -0.1) is 0 Å². The molecule has 2 aromatic carbocycles. The third-order valence-corrected chi connectivity index (χ3v) is 3.82. The van der Waals surface area contributed by atoms with Crippen LogP contribution in [0.1, 0.15) is 40.4 Å². The summed E-state index contributed by atoms with van der Waals surface area (Å²) in [6.45, 7) is 2.01. The Bertz CT molecular complexity index is 602. The molecule has 0 heterocycles. The summed E-state index contributed by atoms with van der Waals surface area (Å²) in [5.41, 5.74) is 3.06. The van der Waals surface area contributed by atoms with Crippen LogP contribution in [0.15, 0.2) is 54.6 Å². The number of hydrogen-bond donors (Lipinski definition) is 1. The Kier molecular flexibility index (Phi) is 3.55. The molecule has 1 fully saturated rings. The van der Waals surface area contributed by atoms with Crippen LogP contribution in [-0.2, 0) is 0 Å². The number of rotatable bonds is 4. The van der Waals surface area contributed by atoms with Crippen molar-refractivity contribution in [2.45, 2.75) is 25.8 Å². The highest BCUT2D eigenvalue weighted by Gasteiger charge is 2.33. The molecule has 0 radical (unpaired) electrons. The topological polar surface area (TPSA) is 29.1 Å². The van der Waals surface area contributed by atoms with Crippen LogP contribution in [0, 0.1) is 12.8 Å². The zero-order valence-corrected chi connectivity index (χ0v) is 11.7. The summed E-state index contributed by atoms with van der Waals surface area (Å²) in [4.78, 5) is 12.4. The van der Waals surface area contributed by atoms with Crippen molar-refractivity contribution in [3.8, 4) is 0 Å². The van der Waals surface area contributed by atoms with Crippen molar-refractivity contribution in [3.63, 3.8) is 0 Å². The van der Waals surface area contributed by atoms with Gasteiger partial charge in [0.1, 0.15) is 0 Å². The second-order valence-electron chi connectivity index (χ2n) is 5.57. The Balaban J connectivity index is 1.79. The highest BCUT2D eigenvalue weighted by atomic mass is 16.1. The largest absolute Gasteiger partial charge is 0.345 e. The van der Waals surface area contributed by atoms with Gasteiger partial charge in [0.05, 0.1) is 6.04 Å². The summed E-state index contributed by atoms with van der Waals surface area (Å²) >= 11 is 0. The lowest BCUT2D eigenvalue weighted by molar-refractivity contribution is 0.0931. The standard InChI is InChI=1S/C18H19NO/c1-13-6-5-9-16(12-13)18(20)19-17(15-10-11-15)14-7-3-2-4-8-14/h2-9,12,15,17H,10-11H2,1H3,(H,19,20). The van der Waals surface area contributed by atoms with E-state index in [0.29, 0.717) is 5.92 Å². The summed E-state index contributed by atoms with van der Waals surface area (Å²) in [5, 5.41) is 3.20. The summed E-state index contributed by atoms with van der Waals surface area (Å²) in [5.74, 6) is 0.612. The van der Waals surface area contributed by atoms with Crippen molar-refractivity contribution in [3.05, 3.63) is 71.3 Å². The molecule has 1 unspecified atom stereocenters. The SMILES string of the molecule is Cc1cccc(C(=O)NC(c2ccccc2)C2CC2)c1. The molecule has 2 aromatic rings. The lowest BCUT2D eigenvalue weighted by atomic mass is 10.0. The van der Waals surface area contributed by atoms with Crippen molar-refractivity contribution in [2.75, 3.05) is 0 Å². The Morgan fingerprint density at radius 1 is 1.10 bits per heavy atom. The number of carbonyl (C=O) groups is 1. The fourth-order valence-corrected chi connectivity index (χ4v) is 2.57. The van der Waals surface area contributed by atoms with Crippen LogP contribution >= 0.6 is 0 Å². The van der Waals surface area contributed by atoms with Crippen LogP contribution in [0.4, 0.5) is 0 Å². The van der Waals surface area contributed by atoms with Gasteiger partial charge >= 0.3 is 0 Å². The van der Waals surface area contributed by atoms with Gasteiger partial charge < -0.3 is 5.32 Å². The van der Waals surface area contributed by atoms with Crippen molar-refractivity contribution in [2.24, 2.45) is 5.92 Å². The number of nitrogens with one attached hydrogen (secondary N) is 1. The maximum absolute atomic E-state index is 12.4. The normalized spacial score (nSPS) is 15.7. The minimum absolute atomic E-state index is 0.0226. The van der Waals surface area contributed by atoms with Gasteiger partial charge in [0, 0.05) is 5.56 Å². The second kappa shape index (κ2) is 5.49. The fourth-order valence-electron chi connectivity index (χ4n) is 2.57. The Labute approximate surface area is 119 Å². The van der Waals surface area contributed by atoms with Gasteiger partial charge in [-0.05, 0) is 43.4 Å². The van der Waals surface area contributed by atoms with Gasteiger partial charge in [0.25, 0.3) is 5.91 Å². The molecule has 1 amide bonds. The molecule has 0 spiro atoms. The molecule has 1 saturated carbocycles. The molecule has 1 aliphatic rings. The first-order valence-corrected chi connectivity index (χ1v) is 7.16. The minimum Gasteiger partial charge on any atom is -0.345 e. The lowest BCUT2D eigenvalue weighted by Gasteiger charge is -2.19. The quantitative estimate of drug-likeness (QED) is 0.893. The van der Waals surface area contributed by atoms with Crippen LogP contribution in [0.3, 0.4) is 0 Å². The predicted molar refractivity (Wildman–Crippen MR) is 80.6 cm³/mol. The highest BCUT2D eigenvalue weighted by molar-refractivity contribution is 5.94. The lowest BCUT2D eigenvalue weighted by Crippen LogP contribution is -2.29. The van der Waals surface area contributed by atoms with E-state index in [1.807, 2.05) is 49.4 Å². The van der Waals surface area contributed by atoms with Crippen molar-refractivity contribution in [1.82, 2.24) is 5.32 Å². The van der Waals surface area contributed by atoms with Crippen LogP contribution in [0.5, 0.6) is 0 Å². The zero-order chi connectivity index (χ0) is 13.9. The molecule has 0 saturated heterocycles. The number of carbonyl (C=O) groups excluding carboxylic acids is 1. The van der Waals surface area contributed by atoms with E-state index < -0.39 is 0 Å². The molecule has 0 aromatic heterocycles. The van der Waals surface area contributed by atoms with E-state index in [0.717, 1.165) is 11.1 Å². The van der Waals surface area contributed by atoms with Crippen LogP contribution in [0.2, 0.25) is 0 Å². The van der Waals surface area contributed by atoms with E-state index in [-0.39, 0.29) is 11.9 Å². The van der Waals surface area contributed by atoms with Crippen LogP contribution in [-0.4, -0.2) is 5.91 Å². The molecule has 3 rings (SSSR count). The molecular weight excluding hydrogens is 246 g/mol. The average molecular weight is 265 g/mol. The van der Waals surface area contributed by atoms with Crippen LogP contribution < -0.4 is 5.32 Å². The van der Waals surface area contributed by atoms with Gasteiger partial charge in [-0.1, -0.05) is 48.0 Å². The molecule has 20 heavy (non-hydrogen) atoms. The number of benzene rings is 2. The molecule has 0 aliphatic heterocycles. The van der Waals surface area contributed by atoms with Crippen LogP contribution in [0.25, 0.3) is 0 Å². The zero-order valence-electron chi connectivity index (χ0n) is 11.7. The van der Waals surface area contributed by atoms with Gasteiger partial charge in [0.15, 0.2) is 0 Å². The van der Waals surface area contributed by atoms with Gasteiger partial charge in [-0.3, -0.25) is 4.79 Å². The molecule has 2 heteroatoms. The van der Waals surface area contributed by atoms with Crippen molar-refractivity contribution in [1.29, 1.82) is 0 Å². The minimum atomic E-state index is 0.0226. The Morgan fingerprint density at radius 2 is 1.85 bits per heavy atom. The van der Waals surface area contributed by atoms with Gasteiger partial charge in [0.2, 0.25) is 0 Å². The first-order chi connectivity index (χ1) is 9.74. The maximum Gasteiger partial charge on any atom is 0.251 e. The average Bonchev–Trinajstić information content (AvgIpc) is 3.30. The van der Waals surface area contributed by atoms with E-state index in [4.69, 9.17) is 0 Å². The number of amides is 1. The molecule has 1 aliphatic carbocycles. The molecule has 102 valence electrons. The summed E-state index contributed by atoms with van der Waals surface area (Å²) in [6, 6.07) is 18.2. The molecule has 2 nitrogen and oxygen atoms in total. The van der Waals surface area contributed by atoms with E-state index >= 15 is 0 Å². The Morgan fingerprint density at radius 3 is 2.50 bits per heavy atom. The smallest absolute Gasteiger partial charge is 0.251 e. The molecule has 1 N–H and O–H groups in total. The fraction of sp³-hybridized carbons (Fsp3) is 0.278. The number of aryl methyl sites for hydroxylation is 1. The van der Waals surface area contributed by atoms with Crippen molar-refractivity contribution >= 4 is 5.91 Å². The van der Waals surface area contributed by atoms with Gasteiger partial charge in [-0.2, -0.15) is 0 Å². The van der Waals surface area contributed by atoms with Crippen molar-refractivity contribution < 1.29 is 4.79 Å². The monoisotopic (exact) mass is 265 g/mol. The molecule has 1 atom stereocenters. The third-order valence-electron chi connectivity index (χ3n) is 3.82. The summed E-state index contributed by atoms with van der Waals surface area (Å²) < 4.78 is 0. The number of hydrogen-bond acceptors (Lipinski definition) is 1. The van der Waals surface area contributed by atoms with E-state index in [1.165, 1.54) is 18.4 Å². The first-order valence-electron chi connectivity index (χ1n) is 7.16. The van der Waals surface area contributed by atoms with Gasteiger partial charge in [-0.25, -0.2) is 0 Å². The third kappa shape index (κ3) is 2.90. The molecule has 0 bridgehead atoms. The summed E-state index contributed by atoms with van der Waals surface area (Å²) in [7, 11) is 0. The van der Waals surface area contributed by atoms with E-state index in [2.05, 4.69) is 17.4 Å². The van der Waals surface area contributed by atoms with E-state index in [9.17, 15) is 4.79 Å². The maximum atomic E-state index is 12.4. The Hall–Kier alpha value is -2.09. The first kappa shape index (κ1) is 12.9. The van der Waals surface area contributed by atoms with E-state index in [1.54, 1.807) is 0 Å². The molecular formula is C18H19NO.